The highest BCUT2D eigenvalue weighted by molar-refractivity contribution is 5.80. The van der Waals surface area contributed by atoms with Gasteiger partial charge in [-0.25, -0.2) is 9.48 Å². The van der Waals surface area contributed by atoms with E-state index in [0.29, 0.717) is 13.1 Å². The van der Waals surface area contributed by atoms with Crippen molar-refractivity contribution in [1.82, 2.24) is 25.3 Å². The van der Waals surface area contributed by atoms with Crippen molar-refractivity contribution in [3.8, 4) is 5.69 Å². The van der Waals surface area contributed by atoms with Gasteiger partial charge in [0.2, 0.25) is 0 Å². The number of ether oxygens (including phenoxy) is 1. The molecule has 2 aromatic rings. The molecule has 1 atom stereocenters. The van der Waals surface area contributed by atoms with Crippen LogP contribution in [0.3, 0.4) is 0 Å². The number of benzene rings is 1. The van der Waals surface area contributed by atoms with Crippen molar-refractivity contribution >= 4 is 12.1 Å². The number of para-hydroxylation sites is 1. The first-order valence-corrected chi connectivity index (χ1v) is 9.88. The zero-order valence-electron chi connectivity index (χ0n) is 17.6. The van der Waals surface area contributed by atoms with Crippen molar-refractivity contribution in [1.29, 1.82) is 0 Å². The first-order valence-electron chi connectivity index (χ1n) is 9.88. The summed E-state index contributed by atoms with van der Waals surface area (Å²) in [6.45, 7) is 7.73. The molecule has 0 spiro atoms. The number of nitrogens with one attached hydrogen (secondary N) is 2. The normalized spacial score (nSPS) is 17.3. The topological polar surface area (TPSA) is 83.8 Å². The minimum Gasteiger partial charge on any atom is -0.444 e. The molecule has 0 bridgehead atoms. The van der Waals surface area contributed by atoms with E-state index in [1.807, 2.05) is 68.2 Å². The summed E-state index contributed by atoms with van der Waals surface area (Å²) in [5.74, 6) is 0.811. The predicted octanol–water partition coefficient (Wildman–Crippen LogP) is 2.55. The van der Waals surface area contributed by atoms with E-state index in [0.717, 1.165) is 30.2 Å². The number of aromatic nitrogens is 2. The fourth-order valence-corrected chi connectivity index (χ4v) is 3.23. The number of guanidine groups is 1. The second kappa shape index (κ2) is 8.98. The second-order valence-electron chi connectivity index (χ2n) is 8.11. The Hall–Kier alpha value is -3.03. The Morgan fingerprint density at radius 3 is 2.76 bits per heavy atom. The molecule has 3 rings (SSSR count). The lowest BCUT2D eigenvalue weighted by Crippen LogP contribution is -2.44. The van der Waals surface area contributed by atoms with Crippen molar-refractivity contribution < 1.29 is 9.53 Å². The van der Waals surface area contributed by atoms with E-state index in [1.54, 1.807) is 7.05 Å². The van der Waals surface area contributed by atoms with Crippen molar-refractivity contribution in [2.75, 3.05) is 20.1 Å². The van der Waals surface area contributed by atoms with Crippen LogP contribution in [0.1, 0.15) is 32.8 Å². The van der Waals surface area contributed by atoms with Gasteiger partial charge in [0.25, 0.3) is 0 Å². The molecule has 2 heterocycles. The van der Waals surface area contributed by atoms with Gasteiger partial charge in [0.1, 0.15) is 5.60 Å². The molecule has 1 aliphatic rings. The van der Waals surface area contributed by atoms with Gasteiger partial charge in [-0.05, 0) is 39.3 Å². The molecule has 1 saturated heterocycles. The summed E-state index contributed by atoms with van der Waals surface area (Å²) in [5.41, 5.74) is 1.60. The van der Waals surface area contributed by atoms with E-state index in [9.17, 15) is 4.79 Å². The van der Waals surface area contributed by atoms with Gasteiger partial charge in [0.05, 0.1) is 17.9 Å². The van der Waals surface area contributed by atoms with Crippen LogP contribution in [0.25, 0.3) is 5.69 Å². The number of hydrogen-bond donors (Lipinski definition) is 2. The Morgan fingerprint density at radius 1 is 1.31 bits per heavy atom. The fourth-order valence-electron chi connectivity index (χ4n) is 3.23. The lowest BCUT2D eigenvalue weighted by Gasteiger charge is -2.23. The third kappa shape index (κ3) is 5.97. The molecule has 1 fully saturated rings. The van der Waals surface area contributed by atoms with Crippen LogP contribution < -0.4 is 10.6 Å². The molecule has 8 heteroatoms. The van der Waals surface area contributed by atoms with E-state index >= 15 is 0 Å². The second-order valence-corrected chi connectivity index (χ2v) is 8.11. The third-order valence-corrected chi connectivity index (χ3v) is 4.53. The van der Waals surface area contributed by atoms with Crippen molar-refractivity contribution in [2.45, 2.75) is 45.4 Å². The number of carbonyl (C=O) groups excluding carboxylic acids is 1. The van der Waals surface area contributed by atoms with Crippen molar-refractivity contribution in [2.24, 2.45) is 4.99 Å². The number of aliphatic imine (C=N–C) groups is 1. The van der Waals surface area contributed by atoms with E-state index < -0.39 is 5.60 Å². The lowest BCUT2D eigenvalue weighted by molar-refractivity contribution is 0.0507. The summed E-state index contributed by atoms with van der Waals surface area (Å²) in [6, 6.07) is 10.1. The van der Waals surface area contributed by atoms with Crippen LogP contribution in [-0.2, 0) is 11.3 Å². The number of nitrogens with zero attached hydrogens (tertiary/aromatic N) is 4. The molecule has 1 amide bonds. The average molecular weight is 399 g/mol. The summed E-state index contributed by atoms with van der Waals surface area (Å²) >= 11 is 0. The molecule has 1 unspecified atom stereocenters. The SMILES string of the molecule is CN=C(NCc1cnn(-c2ccccc2)c1)N1CCC(NC(=O)OC(C)(C)C)C1. The maximum Gasteiger partial charge on any atom is 0.407 e. The van der Waals surface area contributed by atoms with Crippen LogP contribution in [0, 0.1) is 0 Å². The molecule has 156 valence electrons. The average Bonchev–Trinajstić information content (AvgIpc) is 3.31. The zero-order valence-corrected chi connectivity index (χ0v) is 17.6. The fraction of sp³-hybridized carbons (Fsp3) is 0.476. The molecule has 1 aliphatic heterocycles. The van der Waals surface area contributed by atoms with E-state index in [-0.39, 0.29) is 12.1 Å². The molecule has 8 nitrogen and oxygen atoms in total. The zero-order chi connectivity index (χ0) is 20.9. The number of carbonyl (C=O) groups is 1. The van der Waals surface area contributed by atoms with Crippen molar-refractivity contribution in [3.63, 3.8) is 0 Å². The largest absolute Gasteiger partial charge is 0.444 e. The minimum atomic E-state index is -0.496. The maximum atomic E-state index is 12.0. The standard InChI is InChI=1S/C21H30N6O2/c1-21(2,3)29-20(28)25-17-10-11-26(15-17)19(22-4)23-12-16-13-24-27(14-16)18-8-6-5-7-9-18/h5-9,13-14,17H,10-12,15H2,1-4H3,(H,22,23)(H,25,28). The maximum absolute atomic E-state index is 12.0. The predicted molar refractivity (Wildman–Crippen MR) is 113 cm³/mol. The van der Waals surface area contributed by atoms with Gasteiger partial charge >= 0.3 is 6.09 Å². The molecule has 0 saturated carbocycles. The number of hydrogen-bond acceptors (Lipinski definition) is 4. The summed E-state index contributed by atoms with van der Waals surface area (Å²) in [6.07, 6.45) is 4.34. The van der Waals surface area contributed by atoms with Crippen LogP contribution in [0.5, 0.6) is 0 Å². The van der Waals surface area contributed by atoms with Crippen LogP contribution in [0.2, 0.25) is 0 Å². The summed E-state index contributed by atoms with van der Waals surface area (Å²) in [4.78, 5) is 18.5. The third-order valence-electron chi connectivity index (χ3n) is 4.53. The lowest BCUT2D eigenvalue weighted by atomic mass is 10.2. The van der Waals surface area contributed by atoms with Gasteiger partial charge in [-0.2, -0.15) is 5.10 Å². The summed E-state index contributed by atoms with van der Waals surface area (Å²) in [7, 11) is 1.77. The highest BCUT2D eigenvalue weighted by atomic mass is 16.6. The van der Waals surface area contributed by atoms with E-state index in [1.165, 1.54) is 0 Å². The van der Waals surface area contributed by atoms with Gasteiger partial charge in [-0.15, -0.1) is 0 Å². The number of rotatable bonds is 4. The van der Waals surface area contributed by atoms with Crippen LogP contribution >= 0.6 is 0 Å². The smallest absolute Gasteiger partial charge is 0.407 e. The van der Waals surface area contributed by atoms with E-state index in [2.05, 4.69) is 25.6 Å². The first kappa shape index (κ1) is 20.7. The molecule has 29 heavy (non-hydrogen) atoms. The Bertz CT molecular complexity index is 840. The molecule has 2 N–H and O–H groups in total. The number of likely N-dealkylation sites (tertiary alicyclic amines) is 1. The summed E-state index contributed by atoms with van der Waals surface area (Å²) in [5, 5.41) is 10.7. The highest BCUT2D eigenvalue weighted by Crippen LogP contribution is 2.13. The molecular weight excluding hydrogens is 368 g/mol. The number of amides is 1. The first-order chi connectivity index (χ1) is 13.8. The Kier molecular flexibility index (Phi) is 6.41. The van der Waals surface area contributed by atoms with Crippen molar-refractivity contribution in [3.05, 3.63) is 48.3 Å². The van der Waals surface area contributed by atoms with E-state index in [4.69, 9.17) is 4.74 Å². The minimum absolute atomic E-state index is 0.0456. The van der Waals surface area contributed by atoms with Gasteiger partial charge in [-0.3, -0.25) is 4.99 Å². The molecule has 1 aromatic carbocycles. The van der Waals surface area contributed by atoms with Gasteiger partial charge < -0.3 is 20.3 Å². The molecular formula is C21H30N6O2. The molecule has 0 aliphatic carbocycles. The van der Waals surface area contributed by atoms with Gasteiger partial charge in [0.15, 0.2) is 5.96 Å². The van der Waals surface area contributed by atoms with Gasteiger partial charge in [-0.1, -0.05) is 18.2 Å². The highest BCUT2D eigenvalue weighted by Gasteiger charge is 2.27. The monoisotopic (exact) mass is 398 g/mol. The van der Waals surface area contributed by atoms with Gasteiger partial charge in [0, 0.05) is 38.4 Å². The molecule has 0 radical (unpaired) electrons. The van der Waals surface area contributed by atoms with Crippen LogP contribution in [0.4, 0.5) is 4.79 Å². The Balaban J connectivity index is 1.50. The Labute approximate surface area is 171 Å². The quantitative estimate of drug-likeness (QED) is 0.611. The Morgan fingerprint density at radius 2 is 2.07 bits per heavy atom. The van der Waals surface area contributed by atoms with Crippen LogP contribution in [-0.4, -0.2) is 58.5 Å². The molecule has 1 aromatic heterocycles. The summed E-state index contributed by atoms with van der Waals surface area (Å²) < 4.78 is 7.20. The van der Waals surface area contributed by atoms with Crippen LogP contribution in [0.15, 0.2) is 47.7 Å². The number of alkyl carbamates (subject to hydrolysis) is 1.